The summed E-state index contributed by atoms with van der Waals surface area (Å²) in [7, 11) is 1.92. The lowest BCUT2D eigenvalue weighted by Crippen LogP contribution is -2.28. The van der Waals surface area contributed by atoms with Gasteiger partial charge in [-0.25, -0.2) is 9.97 Å². The van der Waals surface area contributed by atoms with Gasteiger partial charge in [0, 0.05) is 24.8 Å². The zero-order valence-electron chi connectivity index (χ0n) is 11.0. The molecule has 0 amide bonds. The average molecular weight is 280 g/mol. The molecule has 2 aromatic rings. The Bertz CT molecular complexity index is 588. The van der Waals surface area contributed by atoms with Crippen LogP contribution in [0.5, 0.6) is 0 Å². The monoisotopic (exact) mass is 280 g/mol. The van der Waals surface area contributed by atoms with Crippen molar-refractivity contribution < 1.29 is 9.90 Å². The Hall–Kier alpha value is -1.89. The number of nitrogens with zero attached hydrogens (tertiary/aromatic N) is 3. The molecule has 0 aliphatic rings. The summed E-state index contributed by atoms with van der Waals surface area (Å²) < 4.78 is 1.92. The highest BCUT2D eigenvalue weighted by atomic mass is 32.1. The molecule has 0 atom stereocenters. The molecule has 0 spiro atoms. The van der Waals surface area contributed by atoms with Crippen LogP contribution >= 0.6 is 11.3 Å². The Kier molecular flexibility index (Phi) is 3.57. The number of aromatic nitrogens is 3. The highest BCUT2D eigenvalue weighted by Gasteiger charge is 2.32. The van der Waals surface area contributed by atoms with Crippen molar-refractivity contribution >= 4 is 22.4 Å². The fraction of sp³-hybridized carbons (Fsp3) is 0.417. The third-order valence-corrected chi connectivity index (χ3v) is 3.80. The largest absolute Gasteiger partial charge is 0.481 e. The van der Waals surface area contributed by atoms with E-state index < -0.39 is 11.4 Å². The van der Waals surface area contributed by atoms with Crippen molar-refractivity contribution in [1.29, 1.82) is 0 Å². The number of carbonyl (C=O) groups is 1. The molecule has 0 aliphatic carbocycles. The second kappa shape index (κ2) is 5.00. The van der Waals surface area contributed by atoms with E-state index in [0.29, 0.717) is 17.4 Å². The number of aliphatic carboxylic acids is 1. The molecule has 2 N–H and O–H groups in total. The number of hydrogen-bond donors (Lipinski definition) is 2. The quantitative estimate of drug-likeness (QED) is 0.873. The molecule has 0 saturated heterocycles. The molecule has 0 radical (unpaired) electrons. The van der Waals surface area contributed by atoms with Gasteiger partial charge in [0.25, 0.3) is 0 Å². The van der Waals surface area contributed by atoms with Gasteiger partial charge in [0.1, 0.15) is 11.2 Å². The molecular weight excluding hydrogens is 264 g/mol. The van der Waals surface area contributed by atoms with Crippen LogP contribution in [0.15, 0.2) is 17.8 Å². The van der Waals surface area contributed by atoms with E-state index in [0.717, 1.165) is 5.82 Å². The van der Waals surface area contributed by atoms with E-state index in [2.05, 4.69) is 15.3 Å². The Labute approximate surface area is 115 Å². The third-order valence-electron chi connectivity index (χ3n) is 3.00. The molecule has 0 bridgehead atoms. The van der Waals surface area contributed by atoms with Crippen molar-refractivity contribution in [2.75, 3.05) is 5.32 Å². The molecule has 2 aromatic heterocycles. The molecular formula is C12H16N4O2S. The summed E-state index contributed by atoms with van der Waals surface area (Å²) in [5, 5.41) is 14.8. The van der Waals surface area contributed by atoms with Gasteiger partial charge in [-0.1, -0.05) is 0 Å². The molecule has 0 fully saturated rings. The summed E-state index contributed by atoms with van der Waals surface area (Å²) in [6.07, 6.45) is 3.61. The number of imidazole rings is 1. The van der Waals surface area contributed by atoms with E-state index in [1.165, 1.54) is 11.3 Å². The van der Waals surface area contributed by atoms with Gasteiger partial charge in [-0.2, -0.15) is 0 Å². The van der Waals surface area contributed by atoms with Crippen molar-refractivity contribution in [3.05, 3.63) is 29.3 Å². The van der Waals surface area contributed by atoms with E-state index in [-0.39, 0.29) is 0 Å². The Morgan fingerprint density at radius 1 is 1.58 bits per heavy atom. The van der Waals surface area contributed by atoms with Gasteiger partial charge in [-0.15, -0.1) is 11.3 Å². The number of carboxylic acid groups (broad SMARTS) is 1. The number of hydrogen-bond acceptors (Lipinski definition) is 5. The maximum atomic E-state index is 11.2. The molecule has 102 valence electrons. The second-order valence-electron chi connectivity index (χ2n) is 4.78. The van der Waals surface area contributed by atoms with Crippen molar-refractivity contribution in [2.45, 2.75) is 25.8 Å². The molecule has 2 rings (SSSR count). The summed E-state index contributed by atoms with van der Waals surface area (Å²) in [5.74, 6) is 0.0164. The number of aryl methyl sites for hydroxylation is 1. The molecule has 0 unspecified atom stereocenters. The van der Waals surface area contributed by atoms with Gasteiger partial charge < -0.3 is 15.0 Å². The molecule has 6 nitrogen and oxygen atoms in total. The fourth-order valence-corrected chi connectivity index (χ4v) is 2.35. The van der Waals surface area contributed by atoms with E-state index in [1.807, 2.05) is 17.8 Å². The predicted octanol–water partition coefficient (Wildman–Crippen LogP) is 1.85. The number of anilines is 1. The number of nitrogens with one attached hydrogen (secondary N) is 1. The normalized spacial score (nSPS) is 11.5. The SMILES string of the molecule is Cn1ccnc1CNc1nc(C(C)(C)C(=O)O)cs1. The van der Waals surface area contributed by atoms with Gasteiger partial charge in [-0.3, -0.25) is 4.79 Å². The molecule has 7 heteroatoms. The standard InChI is InChI=1S/C12H16N4O2S/c1-12(2,10(17)18)8-7-19-11(15-8)14-6-9-13-4-5-16(9)3/h4-5,7H,6H2,1-3H3,(H,14,15)(H,17,18). The van der Waals surface area contributed by atoms with Crippen LogP contribution in [0.2, 0.25) is 0 Å². The molecule has 2 heterocycles. The van der Waals surface area contributed by atoms with E-state index >= 15 is 0 Å². The van der Waals surface area contributed by atoms with Gasteiger partial charge in [0.05, 0.1) is 12.2 Å². The molecule has 0 aliphatic heterocycles. The summed E-state index contributed by atoms with van der Waals surface area (Å²) in [6, 6.07) is 0. The van der Waals surface area contributed by atoms with Crippen LogP contribution in [-0.4, -0.2) is 25.6 Å². The maximum absolute atomic E-state index is 11.2. The predicted molar refractivity (Wildman–Crippen MR) is 73.3 cm³/mol. The minimum absolute atomic E-state index is 0.559. The van der Waals surface area contributed by atoms with Crippen LogP contribution in [0.3, 0.4) is 0 Å². The lowest BCUT2D eigenvalue weighted by Gasteiger charge is -2.15. The average Bonchev–Trinajstić information content (AvgIpc) is 2.95. The highest BCUT2D eigenvalue weighted by molar-refractivity contribution is 7.13. The molecule has 19 heavy (non-hydrogen) atoms. The van der Waals surface area contributed by atoms with E-state index in [1.54, 1.807) is 25.4 Å². The smallest absolute Gasteiger partial charge is 0.315 e. The van der Waals surface area contributed by atoms with Crippen LogP contribution in [0.1, 0.15) is 25.4 Å². The van der Waals surface area contributed by atoms with Gasteiger partial charge in [0.15, 0.2) is 5.13 Å². The first-order valence-electron chi connectivity index (χ1n) is 5.80. The number of carboxylic acids is 1. The Balaban J connectivity index is 2.06. The Morgan fingerprint density at radius 3 is 2.89 bits per heavy atom. The first kappa shape index (κ1) is 13.5. The summed E-state index contributed by atoms with van der Waals surface area (Å²) in [4.78, 5) is 19.7. The van der Waals surface area contributed by atoms with Gasteiger partial charge in [0.2, 0.25) is 0 Å². The van der Waals surface area contributed by atoms with Gasteiger partial charge >= 0.3 is 5.97 Å². The van der Waals surface area contributed by atoms with E-state index in [4.69, 9.17) is 5.11 Å². The van der Waals surface area contributed by atoms with Crippen molar-refractivity contribution in [1.82, 2.24) is 14.5 Å². The summed E-state index contributed by atoms with van der Waals surface area (Å²) >= 11 is 1.40. The first-order valence-corrected chi connectivity index (χ1v) is 6.68. The number of thiazole rings is 1. The second-order valence-corrected chi connectivity index (χ2v) is 5.63. The molecule has 0 aromatic carbocycles. The van der Waals surface area contributed by atoms with Crippen LogP contribution in [0.25, 0.3) is 0 Å². The van der Waals surface area contributed by atoms with Crippen LogP contribution in [0, 0.1) is 0 Å². The minimum atomic E-state index is -0.973. The van der Waals surface area contributed by atoms with E-state index in [9.17, 15) is 4.79 Å². The van der Waals surface area contributed by atoms with Crippen molar-refractivity contribution in [3.8, 4) is 0 Å². The minimum Gasteiger partial charge on any atom is -0.481 e. The zero-order valence-corrected chi connectivity index (χ0v) is 11.9. The number of rotatable bonds is 5. The maximum Gasteiger partial charge on any atom is 0.315 e. The zero-order chi connectivity index (χ0) is 14.0. The van der Waals surface area contributed by atoms with Gasteiger partial charge in [-0.05, 0) is 13.8 Å². The Morgan fingerprint density at radius 2 is 2.32 bits per heavy atom. The van der Waals surface area contributed by atoms with Crippen molar-refractivity contribution in [2.24, 2.45) is 7.05 Å². The molecule has 0 saturated carbocycles. The highest BCUT2D eigenvalue weighted by Crippen LogP contribution is 2.27. The van der Waals surface area contributed by atoms with Crippen LogP contribution in [-0.2, 0) is 23.8 Å². The summed E-state index contributed by atoms with van der Waals surface area (Å²) in [5.41, 5.74) is -0.410. The van der Waals surface area contributed by atoms with Crippen LogP contribution < -0.4 is 5.32 Å². The lowest BCUT2D eigenvalue weighted by molar-refractivity contribution is -0.142. The van der Waals surface area contributed by atoms with Crippen molar-refractivity contribution in [3.63, 3.8) is 0 Å². The third kappa shape index (κ3) is 2.76. The topological polar surface area (TPSA) is 80.0 Å². The first-order chi connectivity index (χ1) is 8.91. The van der Waals surface area contributed by atoms with Crippen LogP contribution in [0.4, 0.5) is 5.13 Å². The lowest BCUT2D eigenvalue weighted by atomic mass is 9.90. The fourth-order valence-electron chi connectivity index (χ4n) is 1.47. The summed E-state index contributed by atoms with van der Waals surface area (Å²) in [6.45, 7) is 3.85.